The van der Waals surface area contributed by atoms with E-state index in [-0.39, 0.29) is 10.8 Å². The Kier molecular flexibility index (Phi) is 4.05. The Balaban J connectivity index is 1.75. The first-order chi connectivity index (χ1) is 12.0. The molecule has 0 radical (unpaired) electrons. The van der Waals surface area contributed by atoms with Crippen molar-refractivity contribution >= 4 is 44.2 Å². The van der Waals surface area contributed by atoms with Crippen LogP contribution in [0.15, 0.2) is 40.4 Å². The van der Waals surface area contributed by atoms with Crippen LogP contribution in [0, 0.1) is 13.8 Å². The van der Waals surface area contributed by atoms with Crippen LogP contribution in [0.3, 0.4) is 0 Å². The number of nitrogens with one attached hydrogen (secondary N) is 1. The van der Waals surface area contributed by atoms with Crippen molar-refractivity contribution in [3.8, 4) is 0 Å². The van der Waals surface area contributed by atoms with Gasteiger partial charge in [-0.25, -0.2) is 15.0 Å². The zero-order valence-electron chi connectivity index (χ0n) is 14.0. The molecule has 0 aliphatic carbocycles. The number of hydrogen-bond donors (Lipinski definition) is 1. The highest BCUT2D eigenvalue weighted by molar-refractivity contribution is 7.99. The smallest absolute Gasteiger partial charge is 0.259 e. The molecule has 0 aliphatic heterocycles. The number of benzene rings is 1. The number of aromatic nitrogens is 4. The number of fused-ring (bicyclic) bond motifs is 2. The summed E-state index contributed by atoms with van der Waals surface area (Å²) in [6, 6.07) is 7.91. The van der Waals surface area contributed by atoms with Gasteiger partial charge in [-0.15, -0.1) is 11.3 Å². The van der Waals surface area contributed by atoms with Gasteiger partial charge in [0.05, 0.1) is 16.2 Å². The summed E-state index contributed by atoms with van der Waals surface area (Å²) in [6.07, 6.45) is 1.57. The molecule has 1 aromatic carbocycles. The highest BCUT2D eigenvalue weighted by Gasteiger charge is 2.17. The Bertz CT molecular complexity index is 1140. The quantitative estimate of drug-likeness (QED) is 0.429. The van der Waals surface area contributed by atoms with Gasteiger partial charge in [0.2, 0.25) is 0 Å². The molecule has 25 heavy (non-hydrogen) atoms. The summed E-state index contributed by atoms with van der Waals surface area (Å²) in [5, 5.41) is 2.57. The van der Waals surface area contributed by atoms with Crippen LogP contribution in [0.4, 0.5) is 0 Å². The predicted molar refractivity (Wildman–Crippen MR) is 104 cm³/mol. The van der Waals surface area contributed by atoms with Crippen molar-refractivity contribution in [2.45, 2.75) is 31.0 Å². The Morgan fingerprint density at radius 1 is 1.20 bits per heavy atom. The van der Waals surface area contributed by atoms with Gasteiger partial charge >= 0.3 is 0 Å². The monoisotopic (exact) mass is 368 g/mol. The molecule has 0 amide bonds. The molecule has 126 valence electrons. The second-order valence-corrected chi connectivity index (χ2v) is 8.40. The lowest BCUT2D eigenvalue weighted by Crippen LogP contribution is -2.12. The number of rotatable bonds is 3. The maximum atomic E-state index is 12.5. The van der Waals surface area contributed by atoms with E-state index in [9.17, 15) is 4.79 Å². The van der Waals surface area contributed by atoms with Crippen LogP contribution < -0.4 is 5.56 Å². The van der Waals surface area contributed by atoms with E-state index in [1.807, 2.05) is 45.0 Å². The highest BCUT2D eigenvalue weighted by atomic mass is 32.2. The summed E-state index contributed by atoms with van der Waals surface area (Å²) in [5.41, 5.74) is 1.86. The minimum Gasteiger partial charge on any atom is -0.309 e. The number of aromatic amines is 1. The lowest BCUT2D eigenvalue weighted by atomic mass is 10.2. The van der Waals surface area contributed by atoms with Crippen molar-refractivity contribution in [2.24, 2.45) is 0 Å². The number of thiophene rings is 1. The summed E-state index contributed by atoms with van der Waals surface area (Å²) in [4.78, 5) is 30.8. The highest BCUT2D eigenvalue weighted by Crippen LogP contribution is 2.36. The molecule has 3 aromatic heterocycles. The molecule has 0 unspecified atom stereocenters. The van der Waals surface area contributed by atoms with Gasteiger partial charge in [0.15, 0.2) is 0 Å². The Labute approximate surface area is 152 Å². The molecule has 0 saturated heterocycles. The molecule has 4 aromatic rings. The minimum absolute atomic E-state index is 0.0295. The Morgan fingerprint density at radius 3 is 2.84 bits per heavy atom. The molecule has 1 N–H and O–H groups in total. The number of thioether (sulfide) groups is 1. The van der Waals surface area contributed by atoms with Crippen LogP contribution in [0.2, 0.25) is 0 Å². The molecular formula is C18H16N4OS2. The maximum absolute atomic E-state index is 12.5. The maximum Gasteiger partial charge on any atom is 0.259 e. The van der Waals surface area contributed by atoms with Crippen LogP contribution in [0.25, 0.3) is 21.1 Å². The first-order valence-electron chi connectivity index (χ1n) is 7.91. The Morgan fingerprint density at radius 2 is 2.00 bits per heavy atom. The second-order valence-electron chi connectivity index (χ2n) is 5.87. The third kappa shape index (κ3) is 2.83. The standard InChI is InChI=1S/C18H16N4OS2/c1-9-10(2)24-18-14(9)16(23)21-15(22-18)11(3)25-17-12-6-4-5-7-13(12)19-8-20-17/h4-8,11H,1-3H3,(H,21,22,23)/t11-/m1/s1. The SMILES string of the molecule is Cc1sc2nc([C@@H](C)Sc3ncnc4ccccc34)[nH]c(=O)c2c1C. The zero-order chi connectivity index (χ0) is 17.6. The van der Waals surface area contributed by atoms with Gasteiger partial charge in [0, 0.05) is 10.3 Å². The molecule has 0 bridgehead atoms. The van der Waals surface area contributed by atoms with Crippen molar-refractivity contribution in [1.29, 1.82) is 0 Å². The molecule has 7 heteroatoms. The number of hydrogen-bond acceptors (Lipinski definition) is 6. The summed E-state index contributed by atoms with van der Waals surface area (Å²) in [7, 11) is 0. The fourth-order valence-electron chi connectivity index (χ4n) is 2.76. The van der Waals surface area contributed by atoms with Gasteiger partial charge < -0.3 is 4.98 Å². The van der Waals surface area contributed by atoms with Crippen LogP contribution in [0.1, 0.15) is 28.4 Å². The number of para-hydroxylation sites is 1. The average molecular weight is 368 g/mol. The van der Waals surface area contributed by atoms with E-state index in [1.165, 1.54) is 0 Å². The minimum atomic E-state index is -0.0677. The van der Waals surface area contributed by atoms with Crippen molar-refractivity contribution in [3.63, 3.8) is 0 Å². The van der Waals surface area contributed by atoms with E-state index < -0.39 is 0 Å². The number of H-pyrrole nitrogens is 1. The summed E-state index contributed by atoms with van der Waals surface area (Å²) < 4.78 is 0. The van der Waals surface area contributed by atoms with Crippen molar-refractivity contribution in [1.82, 2.24) is 19.9 Å². The first-order valence-corrected chi connectivity index (χ1v) is 9.60. The van der Waals surface area contributed by atoms with Crippen LogP contribution >= 0.6 is 23.1 Å². The van der Waals surface area contributed by atoms with Gasteiger partial charge in [-0.1, -0.05) is 30.0 Å². The largest absolute Gasteiger partial charge is 0.309 e. The topological polar surface area (TPSA) is 71.5 Å². The third-order valence-electron chi connectivity index (χ3n) is 4.24. The number of aryl methyl sites for hydroxylation is 2. The molecule has 0 saturated carbocycles. The number of nitrogens with zero attached hydrogens (tertiary/aromatic N) is 3. The molecular weight excluding hydrogens is 352 g/mol. The third-order valence-corrected chi connectivity index (χ3v) is 6.46. The van der Waals surface area contributed by atoms with Crippen LogP contribution in [-0.4, -0.2) is 19.9 Å². The molecule has 1 atom stereocenters. The summed E-state index contributed by atoms with van der Waals surface area (Å²) >= 11 is 3.14. The fraction of sp³-hybridized carbons (Fsp3) is 0.222. The molecule has 0 fully saturated rings. The Hall–Kier alpha value is -2.25. The van der Waals surface area contributed by atoms with Gasteiger partial charge in [-0.3, -0.25) is 4.79 Å². The second kappa shape index (κ2) is 6.24. The molecule has 3 heterocycles. The molecule has 5 nitrogen and oxygen atoms in total. The normalized spacial score (nSPS) is 12.8. The predicted octanol–water partition coefficient (Wildman–Crippen LogP) is 4.40. The lowest BCUT2D eigenvalue weighted by Gasteiger charge is -2.11. The van der Waals surface area contributed by atoms with Gasteiger partial charge in [0.25, 0.3) is 5.56 Å². The summed E-state index contributed by atoms with van der Waals surface area (Å²) in [5.74, 6) is 0.673. The zero-order valence-corrected chi connectivity index (χ0v) is 15.7. The fourth-order valence-corrected chi connectivity index (χ4v) is 4.76. The van der Waals surface area contributed by atoms with E-state index in [2.05, 4.69) is 15.0 Å². The van der Waals surface area contributed by atoms with Crippen molar-refractivity contribution in [2.75, 3.05) is 0 Å². The van der Waals surface area contributed by atoms with E-state index in [4.69, 9.17) is 4.98 Å². The van der Waals surface area contributed by atoms with Crippen molar-refractivity contribution < 1.29 is 0 Å². The molecule has 0 aliphatic rings. The summed E-state index contributed by atoms with van der Waals surface area (Å²) in [6.45, 7) is 6.01. The average Bonchev–Trinajstić information content (AvgIpc) is 2.90. The van der Waals surface area contributed by atoms with E-state index in [0.29, 0.717) is 11.2 Å². The van der Waals surface area contributed by atoms with Gasteiger partial charge in [0.1, 0.15) is 22.0 Å². The van der Waals surface area contributed by atoms with Crippen molar-refractivity contribution in [3.05, 3.63) is 57.2 Å². The van der Waals surface area contributed by atoms with E-state index >= 15 is 0 Å². The van der Waals surface area contributed by atoms with Crippen LogP contribution in [0.5, 0.6) is 0 Å². The van der Waals surface area contributed by atoms with E-state index in [0.717, 1.165) is 31.2 Å². The lowest BCUT2D eigenvalue weighted by molar-refractivity contribution is 0.921. The molecule has 0 spiro atoms. The van der Waals surface area contributed by atoms with Crippen LogP contribution in [-0.2, 0) is 0 Å². The first kappa shape index (κ1) is 16.2. The van der Waals surface area contributed by atoms with E-state index in [1.54, 1.807) is 29.4 Å². The molecule has 4 rings (SSSR count). The van der Waals surface area contributed by atoms with Gasteiger partial charge in [-0.05, 0) is 32.4 Å². The van der Waals surface area contributed by atoms with Gasteiger partial charge in [-0.2, -0.15) is 0 Å².